The predicted octanol–water partition coefficient (Wildman–Crippen LogP) is -1.27. The molecule has 0 N–H and O–H groups in total. The average Bonchev–Trinajstić information content (AvgIpc) is 2.16. The van der Waals surface area contributed by atoms with Crippen LogP contribution >= 0.6 is 11.3 Å². The molecule has 0 amide bonds. The van der Waals surface area contributed by atoms with Gasteiger partial charge in [-0.15, -0.1) is 10.2 Å². The molecular formula is C10H9ClO4S. The maximum Gasteiger partial charge on any atom is 0.238 e. The molecule has 0 atom stereocenters. The zero-order valence-corrected chi connectivity index (χ0v) is 9.96. The Balaban J connectivity index is 0.000000221. The summed E-state index contributed by atoms with van der Waals surface area (Å²) in [5, 5.41) is 3.51. The van der Waals surface area contributed by atoms with Gasteiger partial charge in [0.1, 0.15) is 0 Å². The van der Waals surface area contributed by atoms with Crippen molar-refractivity contribution in [3.63, 3.8) is 0 Å². The lowest BCUT2D eigenvalue weighted by molar-refractivity contribution is -2.00. The summed E-state index contributed by atoms with van der Waals surface area (Å²) in [6.45, 7) is 2.15. The highest BCUT2D eigenvalue weighted by Gasteiger charge is 2.03. The molecule has 0 fully saturated rings. The first-order valence-electron chi connectivity index (χ1n) is 4.26. The number of benzene rings is 1. The Bertz CT molecular complexity index is 458. The van der Waals surface area contributed by atoms with Crippen LogP contribution in [0.15, 0.2) is 35.7 Å². The molecule has 0 bridgehead atoms. The molecule has 0 spiro atoms. The van der Waals surface area contributed by atoms with E-state index in [1.807, 2.05) is 0 Å². The smallest absolute Gasteiger partial charge is 0.222 e. The topological polar surface area (TPSA) is 92.2 Å². The molecule has 4 nitrogen and oxygen atoms in total. The second-order valence-electron chi connectivity index (χ2n) is 2.98. The van der Waals surface area contributed by atoms with E-state index in [0.29, 0.717) is 0 Å². The van der Waals surface area contributed by atoms with Gasteiger partial charge in [-0.1, -0.05) is 12.1 Å². The molecule has 6 heteroatoms. The van der Waals surface area contributed by atoms with Crippen LogP contribution in [-0.2, 0) is 0 Å². The van der Waals surface area contributed by atoms with Gasteiger partial charge in [-0.25, -0.2) is 18.6 Å². The van der Waals surface area contributed by atoms with Gasteiger partial charge in [0, 0.05) is 11.5 Å². The summed E-state index contributed by atoms with van der Waals surface area (Å²) in [5.41, 5.74) is 1.36. The van der Waals surface area contributed by atoms with Gasteiger partial charge in [-0.2, -0.15) is 0 Å². The minimum absolute atomic E-state index is 1.36. The molecule has 0 saturated carbocycles. The molecule has 0 aliphatic carbocycles. The Kier molecular flexibility index (Phi) is 4.55. The van der Waals surface area contributed by atoms with E-state index in [1.54, 1.807) is 11.3 Å². The first-order chi connectivity index (χ1) is 7.38. The van der Waals surface area contributed by atoms with Gasteiger partial charge in [-0.05, 0) is 24.6 Å². The molecule has 0 aliphatic rings. The quantitative estimate of drug-likeness (QED) is 0.553. The van der Waals surface area contributed by atoms with Gasteiger partial charge in [0.05, 0.1) is 0 Å². The third-order valence-corrected chi connectivity index (χ3v) is 2.71. The molecule has 0 saturated heterocycles. The van der Waals surface area contributed by atoms with Crippen LogP contribution in [0.2, 0.25) is 0 Å². The molecule has 86 valence electrons. The van der Waals surface area contributed by atoms with Crippen molar-refractivity contribution in [2.24, 2.45) is 0 Å². The maximum absolute atomic E-state index is 8.49. The minimum Gasteiger partial charge on any atom is -0.222 e. The Morgan fingerprint density at radius 3 is 2.12 bits per heavy atom. The van der Waals surface area contributed by atoms with Crippen molar-refractivity contribution in [3.8, 4) is 0 Å². The van der Waals surface area contributed by atoms with Gasteiger partial charge < -0.3 is 0 Å². The lowest BCUT2D eigenvalue weighted by Gasteiger charge is -2.17. The van der Waals surface area contributed by atoms with Crippen molar-refractivity contribution in [3.05, 3.63) is 41.3 Å². The van der Waals surface area contributed by atoms with Crippen LogP contribution in [0.3, 0.4) is 0 Å². The molecule has 2 rings (SSSR count). The lowest BCUT2D eigenvalue weighted by Crippen LogP contribution is -2.68. The van der Waals surface area contributed by atoms with Crippen LogP contribution in [0.5, 0.6) is 0 Å². The van der Waals surface area contributed by atoms with E-state index in [9.17, 15) is 0 Å². The van der Waals surface area contributed by atoms with E-state index < -0.39 is 10.2 Å². The second kappa shape index (κ2) is 5.49. The molecule has 2 aromatic rings. The molecule has 0 unspecified atom stereocenters. The number of aryl methyl sites for hydroxylation is 1. The summed E-state index contributed by atoms with van der Waals surface area (Å²) in [6.07, 6.45) is 0. The Morgan fingerprint density at radius 1 is 1.00 bits per heavy atom. The standard InChI is InChI=1S/C10H9S.ClHO4/c1-8-6-7-11-10-5-3-2-4-9(8)10;2-1(3,4)5/h2-7H,1H3;(H,2,3,4,5)/q+1;/p-1. The van der Waals surface area contributed by atoms with Gasteiger partial charge >= 0.3 is 0 Å². The van der Waals surface area contributed by atoms with Crippen LogP contribution in [0.1, 0.15) is 5.56 Å². The highest BCUT2D eigenvalue weighted by atomic mass is 35.7. The van der Waals surface area contributed by atoms with E-state index in [-0.39, 0.29) is 0 Å². The van der Waals surface area contributed by atoms with Gasteiger partial charge in [0.15, 0.2) is 5.38 Å². The number of hydrogen-bond acceptors (Lipinski definition) is 4. The van der Waals surface area contributed by atoms with Crippen molar-refractivity contribution in [1.82, 2.24) is 0 Å². The maximum atomic E-state index is 8.49. The third kappa shape index (κ3) is 4.80. The Labute approximate surface area is 98.8 Å². The summed E-state index contributed by atoms with van der Waals surface area (Å²) in [6, 6.07) is 10.7. The van der Waals surface area contributed by atoms with Crippen LogP contribution in [0.25, 0.3) is 10.1 Å². The third-order valence-electron chi connectivity index (χ3n) is 1.82. The van der Waals surface area contributed by atoms with E-state index in [1.165, 1.54) is 15.6 Å². The van der Waals surface area contributed by atoms with Gasteiger partial charge in [-0.3, -0.25) is 0 Å². The highest BCUT2D eigenvalue weighted by molar-refractivity contribution is 7.16. The largest absolute Gasteiger partial charge is 0.238 e. The fraction of sp³-hybridized carbons (Fsp3) is 0.100. The van der Waals surface area contributed by atoms with E-state index in [2.05, 4.69) is 42.6 Å². The van der Waals surface area contributed by atoms with Crippen LogP contribution in [-0.4, -0.2) is 0 Å². The van der Waals surface area contributed by atoms with E-state index in [4.69, 9.17) is 18.6 Å². The fourth-order valence-corrected chi connectivity index (χ4v) is 2.13. The predicted molar refractivity (Wildman–Crippen MR) is 51.0 cm³/mol. The molecule has 0 aliphatic heterocycles. The molecular weight excluding hydrogens is 252 g/mol. The number of fused-ring (bicyclic) bond motifs is 1. The second-order valence-corrected chi connectivity index (χ2v) is 4.68. The summed E-state index contributed by atoms with van der Waals surface area (Å²) < 4.78 is 35.3. The van der Waals surface area contributed by atoms with Crippen LogP contribution in [0, 0.1) is 17.2 Å². The van der Waals surface area contributed by atoms with Crippen molar-refractivity contribution in [2.45, 2.75) is 6.92 Å². The zero-order valence-electron chi connectivity index (χ0n) is 8.38. The average molecular weight is 261 g/mol. The summed E-state index contributed by atoms with van der Waals surface area (Å²) in [5.74, 6) is 0. The molecule has 0 radical (unpaired) electrons. The summed E-state index contributed by atoms with van der Waals surface area (Å²) >= 11 is 1.79. The van der Waals surface area contributed by atoms with Crippen molar-refractivity contribution < 1.29 is 28.9 Å². The van der Waals surface area contributed by atoms with Crippen LogP contribution in [0.4, 0.5) is 0 Å². The van der Waals surface area contributed by atoms with Crippen molar-refractivity contribution >= 4 is 21.4 Å². The highest BCUT2D eigenvalue weighted by Crippen LogP contribution is 2.21. The SMILES string of the molecule is Cc1cc[s+]c2ccccc12.[O-][Cl+3]([O-])([O-])[O-]. The number of rotatable bonds is 0. The normalized spacial score (nSPS) is 10.8. The number of hydrogen-bond donors (Lipinski definition) is 0. The number of halogens is 1. The van der Waals surface area contributed by atoms with E-state index >= 15 is 0 Å². The molecule has 16 heavy (non-hydrogen) atoms. The fourth-order valence-electron chi connectivity index (χ4n) is 1.19. The van der Waals surface area contributed by atoms with Gasteiger partial charge in [0.25, 0.3) is 0 Å². The molecule has 1 aromatic carbocycles. The van der Waals surface area contributed by atoms with Crippen LogP contribution < -0.4 is 18.6 Å². The minimum atomic E-state index is -4.94. The first kappa shape index (κ1) is 13.2. The lowest BCUT2D eigenvalue weighted by atomic mass is 10.2. The Hall–Kier alpha value is -0.820. The van der Waals surface area contributed by atoms with E-state index in [0.717, 1.165) is 0 Å². The summed E-state index contributed by atoms with van der Waals surface area (Å²) in [7, 11) is -4.94. The zero-order chi connectivity index (χ0) is 12.2. The molecule has 1 heterocycles. The first-order valence-corrected chi connectivity index (χ1v) is 6.37. The van der Waals surface area contributed by atoms with Crippen molar-refractivity contribution in [1.29, 1.82) is 0 Å². The Morgan fingerprint density at radius 2 is 1.56 bits per heavy atom. The molecule has 1 aromatic heterocycles. The monoisotopic (exact) mass is 260 g/mol. The van der Waals surface area contributed by atoms with Gasteiger partial charge in [0.2, 0.25) is 16.0 Å². The summed E-state index contributed by atoms with van der Waals surface area (Å²) in [4.78, 5) is 0. The van der Waals surface area contributed by atoms with Crippen molar-refractivity contribution in [2.75, 3.05) is 0 Å².